The smallest absolute Gasteiger partial charge is 0.267 e. The molecule has 14 nitrogen and oxygen atoms in total. The second-order valence-electron chi connectivity index (χ2n) is 21.3. The molecule has 0 radical (unpaired) electrons. The standard InChI is InChI=1S/C54H71N7O7S/c1-35(39-19-21-40(22-20-39)48-36(2)56-34-69-48)57-50(65)45-26-42(62)30-61(45)51(66)49(52(3,4)5)58-47(64)27-53(6,7)32-68-33-54(8,9)31-60(25-24-41-28-55-44-13-11-10-12-43(41)44)29-38-16-14-37(15-17-38)18-23-46(63)59-67/h10-23,28,34-35,42,45,49,55,62,67H,24-27,29-33H2,1-9H3,(H,57,65)(H,58,64)(H,59,63)/b23-18+/t35-,42+,45-,49+/m0/s1. The van der Waals surface area contributed by atoms with E-state index in [-0.39, 0.29) is 42.7 Å². The van der Waals surface area contributed by atoms with E-state index in [0.717, 1.165) is 57.9 Å². The Bertz CT molecular complexity index is 2560. The average Bonchev–Trinajstić information content (AvgIpc) is 4.04. The summed E-state index contributed by atoms with van der Waals surface area (Å²) in [5.41, 5.74) is 9.11. The van der Waals surface area contributed by atoms with Crippen LogP contribution in [0.2, 0.25) is 0 Å². The molecule has 0 unspecified atom stereocenters. The Morgan fingerprint density at radius 1 is 0.957 bits per heavy atom. The molecule has 69 heavy (non-hydrogen) atoms. The maximum Gasteiger partial charge on any atom is 0.267 e. The van der Waals surface area contributed by atoms with E-state index >= 15 is 0 Å². The third kappa shape index (κ3) is 14.7. The van der Waals surface area contributed by atoms with E-state index in [2.05, 4.69) is 63.7 Å². The molecule has 1 aliphatic heterocycles. The molecule has 6 rings (SSSR count). The van der Waals surface area contributed by atoms with Gasteiger partial charge in [-0.15, -0.1) is 11.3 Å². The Labute approximate surface area is 410 Å². The minimum Gasteiger partial charge on any atom is -0.391 e. The first-order chi connectivity index (χ1) is 32.6. The minimum atomic E-state index is -0.947. The normalized spacial score (nSPS) is 16.6. The fourth-order valence-corrected chi connectivity index (χ4v) is 9.81. The van der Waals surface area contributed by atoms with E-state index in [0.29, 0.717) is 19.8 Å². The molecule has 6 N–H and O–H groups in total. The third-order valence-corrected chi connectivity index (χ3v) is 13.6. The van der Waals surface area contributed by atoms with Crippen LogP contribution in [-0.4, -0.2) is 105 Å². The second kappa shape index (κ2) is 22.8. The number of rotatable bonds is 21. The minimum absolute atomic E-state index is 0.0104. The number of para-hydroxylation sites is 1. The van der Waals surface area contributed by atoms with Crippen LogP contribution in [0.1, 0.15) is 102 Å². The van der Waals surface area contributed by atoms with Crippen molar-refractivity contribution in [3.8, 4) is 10.4 Å². The summed E-state index contributed by atoms with van der Waals surface area (Å²) >= 11 is 1.58. The Hall–Kier alpha value is -5.71. The fourth-order valence-electron chi connectivity index (χ4n) is 9.00. The van der Waals surface area contributed by atoms with Crippen LogP contribution in [0.25, 0.3) is 27.4 Å². The van der Waals surface area contributed by atoms with Crippen molar-refractivity contribution in [2.45, 2.75) is 112 Å². The molecule has 5 aromatic rings. The first-order valence-corrected chi connectivity index (χ1v) is 24.6. The van der Waals surface area contributed by atoms with Gasteiger partial charge in [0.2, 0.25) is 17.7 Å². The van der Waals surface area contributed by atoms with Crippen molar-refractivity contribution in [2.24, 2.45) is 16.2 Å². The first-order valence-electron chi connectivity index (χ1n) is 23.8. The quantitative estimate of drug-likeness (QED) is 0.0241. The van der Waals surface area contributed by atoms with E-state index in [1.54, 1.807) is 22.9 Å². The summed E-state index contributed by atoms with van der Waals surface area (Å²) in [5, 5.41) is 26.9. The van der Waals surface area contributed by atoms with Gasteiger partial charge in [0, 0.05) is 67.6 Å². The van der Waals surface area contributed by atoms with Gasteiger partial charge in [-0.05, 0) is 71.1 Å². The van der Waals surface area contributed by atoms with Gasteiger partial charge < -0.3 is 30.4 Å². The van der Waals surface area contributed by atoms with Crippen molar-refractivity contribution >= 4 is 51.9 Å². The number of carbonyl (C=O) groups is 4. The van der Waals surface area contributed by atoms with Crippen LogP contribution >= 0.6 is 11.3 Å². The van der Waals surface area contributed by atoms with Gasteiger partial charge in [0.15, 0.2) is 0 Å². The van der Waals surface area contributed by atoms with E-state index < -0.39 is 40.8 Å². The first kappa shape index (κ1) is 52.7. The number of β-amino-alcohol motifs (C(OH)–C–C–N with tert-alkyl or cyclic N) is 1. The fraction of sp³-hybridized carbons (Fsp3) is 0.463. The number of aromatic nitrogens is 2. The molecule has 3 aromatic carbocycles. The highest BCUT2D eigenvalue weighted by molar-refractivity contribution is 7.13. The summed E-state index contributed by atoms with van der Waals surface area (Å²) in [6.45, 7) is 20.8. The van der Waals surface area contributed by atoms with Crippen molar-refractivity contribution < 1.29 is 34.2 Å². The number of thiazole rings is 1. The van der Waals surface area contributed by atoms with Gasteiger partial charge in [0.1, 0.15) is 12.1 Å². The zero-order valence-corrected chi connectivity index (χ0v) is 42.4. The summed E-state index contributed by atoms with van der Waals surface area (Å²) in [6, 6.07) is 22.1. The number of likely N-dealkylation sites (tertiary alicyclic amines) is 1. The summed E-state index contributed by atoms with van der Waals surface area (Å²) in [5.74, 6) is -1.66. The summed E-state index contributed by atoms with van der Waals surface area (Å²) in [4.78, 5) is 66.2. The topological polar surface area (TPSA) is 189 Å². The van der Waals surface area contributed by atoms with E-state index in [9.17, 15) is 24.3 Å². The Kier molecular flexibility index (Phi) is 17.4. The van der Waals surface area contributed by atoms with E-state index in [1.165, 1.54) is 21.9 Å². The van der Waals surface area contributed by atoms with Crippen LogP contribution in [0.4, 0.5) is 0 Å². The molecular formula is C54H71N7O7S. The van der Waals surface area contributed by atoms with Crippen LogP contribution in [-0.2, 0) is 36.9 Å². The average molecular weight is 962 g/mol. The molecule has 0 saturated carbocycles. The lowest BCUT2D eigenvalue weighted by Gasteiger charge is -2.36. The number of benzene rings is 3. The van der Waals surface area contributed by atoms with Gasteiger partial charge in [-0.2, -0.15) is 0 Å². The van der Waals surface area contributed by atoms with Crippen LogP contribution in [0, 0.1) is 23.2 Å². The number of aliphatic hydroxyl groups is 1. The van der Waals surface area contributed by atoms with Gasteiger partial charge in [-0.25, -0.2) is 10.5 Å². The van der Waals surface area contributed by atoms with Crippen molar-refractivity contribution in [2.75, 3.05) is 32.8 Å². The predicted octanol–water partition coefficient (Wildman–Crippen LogP) is 7.99. The zero-order chi connectivity index (χ0) is 50.1. The molecule has 0 aliphatic carbocycles. The van der Waals surface area contributed by atoms with Gasteiger partial charge in [-0.1, -0.05) is 115 Å². The molecule has 1 fully saturated rings. The molecule has 0 bridgehead atoms. The number of nitrogens with zero attached hydrogens (tertiary/aromatic N) is 3. The molecule has 3 heterocycles. The Morgan fingerprint density at radius 3 is 2.32 bits per heavy atom. The highest BCUT2D eigenvalue weighted by Gasteiger charge is 2.45. The number of hydrogen-bond acceptors (Lipinski definition) is 10. The highest BCUT2D eigenvalue weighted by Crippen LogP contribution is 2.31. The van der Waals surface area contributed by atoms with Crippen molar-refractivity contribution in [1.29, 1.82) is 0 Å². The molecule has 1 aliphatic rings. The molecule has 4 atom stereocenters. The number of carbonyl (C=O) groups excluding carboxylic acids is 4. The van der Waals surface area contributed by atoms with Crippen LogP contribution in [0.3, 0.4) is 0 Å². The second-order valence-corrected chi connectivity index (χ2v) is 22.1. The van der Waals surface area contributed by atoms with Crippen LogP contribution < -0.4 is 16.1 Å². The summed E-state index contributed by atoms with van der Waals surface area (Å²) < 4.78 is 6.42. The Morgan fingerprint density at radius 2 is 1.65 bits per heavy atom. The maximum absolute atomic E-state index is 14.4. The van der Waals surface area contributed by atoms with Gasteiger partial charge in [0.25, 0.3) is 5.91 Å². The molecule has 4 amide bonds. The number of amides is 4. The maximum atomic E-state index is 14.4. The molecular weight excluding hydrogens is 891 g/mol. The van der Waals surface area contributed by atoms with Gasteiger partial charge >= 0.3 is 0 Å². The summed E-state index contributed by atoms with van der Waals surface area (Å²) in [6.07, 6.45) is 5.16. The lowest BCUT2D eigenvalue weighted by Crippen LogP contribution is -2.58. The predicted molar refractivity (Wildman–Crippen MR) is 272 cm³/mol. The number of aliphatic hydroxyl groups excluding tert-OH is 1. The molecule has 15 heteroatoms. The highest BCUT2D eigenvalue weighted by atomic mass is 32.1. The largest absolute Gasteiger partial charge is 0.391 e. The van der Waals surface area contributed by atoms with E-state index in [1.807, 2.05) is 109 Å². The SMILES string of the molecule is Cc1ncsc1-c1ccc([C@H](C)NC(=O)[C@@H]2C[C@@H](O)CN2C(=O)[C@@H](NC(=O)CC(C)(C)COCC(C)(C)CN(CCc2c[nH]c3ccccc23)Cc2ccc(/C=C/C(=O)NO)cc2)C(C)(C)C)cc1. The number of H-pyrrole nitrogens is 1. The van der Waals surface area contributed by atoms with Crippen molar-refractivity contribution in [3.05, 3.63) is 119 Å². The van der Waals surface area contributed by atoms with Crippen LogP contribution in [0.15, 0.2) is 90.6 Å². The number of hydrogen-bond donors (Lipinski definition) is 6. The zero-order valence-electron chi connectivity index (χ0n) is 41.6. The number of ether oxygens (including phenoxy) is 1. The molecule has 1 saturated heterocycles. The Balaban J connectivity index is 1.04. The van der Waals surface area contributed by atoms with Gasteiger partial charge in [-0.3, -0.25) is 29.3 Å². The number of aromatic amines is 1. The summed E-state index contributed by atoms with van der Waals surface area (Å²) in [7, 11) is 0. The van der Waals surface area contributed by atoms with Gasteiger partial charge in [0.05, 0.1) is 41.4 Å². The number of hydroxylamine groups is 1. The molecule has 370 valence electrons. The number of nitrogens with one attached hydrogen (secondary N) is 4. The van der Waals surface area contributed by atoms with E-state index in [4.69, 9.17) is 9.94 Å². The number of aryl methyl sites for hydroxylation is 1. The molecule has 2 aromatic heterocycles. The molecule has 0 spiro atoms. The number of fused-ring (bicyclic) bond motifs is 1. The third-order valence-electron chi connectivity index (χ3n) is 12.6. The lowest BCUT2D eigenvalue weighted by atomic mass is 9.84. The monoisotopic (exact) mass is 962 g/mol. The van der Waals surface area contributed by atoms with Crippen molar-refractivity contribution in [1.82, 2.24) is 35.9 Å². The van der Waals surface area contributed by atoms with Crippen LogP contribution in [0.5, 0.6) is 0 Å². The lowest BCUT2D eigenvalue weighted by molar-refractivity contribution is -0.144. The van der Waals surface area contributed by atoms with Crippen molar-refractivity contribution in [3.63, 3.8) is 0 Å².